The van der Waals surface area contributed by atoms with E-state index >= 15 is 0 Å². The number of hydrogen-bond acceptors (Lipinski definition) is 6. The van der Waals surface area contributed by atoms with E-state index in [0.29, 0.717) is 10.2 Å². The number of thiazole rings is 1. The van der Waals surface area contributed by atoms with Gasteiger partial charge in [-0.05, 0) is 48.0 Å². The standard InChI is InChI=1S/C26H24FN3O5S2/c1-3-29(16-18-7-5-4-6-8-18)37(33,34)21-12-9-19(10-13-21)25(32)28-26-30(17-24(31)35-2)22-14-11-20(27)15-23(22)36-26/h4-15H,3,16-17H2,1-2H3. The van der Waals surface area contributed by atoms with Crippen LogP contribution in [-0.2, 0) is 32.6 Å². The van der Waals surface area contributed by atoms with Crippen LogP contribution in [0.4, 0.5) is 4.39 Å². The maximum Gasteiger partial charge on any atom is 0.325 e. The van der Waals surface area contributed by atoms with Gasteiger partial charge in [0.2, 0.25) is 10.0 Å². The van der Waals surface area contributed by atoms with E-state index in [0.717, 1.165) is 16.9 Å². The van der Waals surface area contributed by atoms with Crippen LogP contribution in [0.5, 0.6) is 0 Å². The van der Waals surface area contributed by atoms with Crippen LogP contribution in [-0.4, -0.2) is 42.8 Å². The quantitative estimate of drug-likeness (QED) is 0.315. The van der Waals surface area contributed by atoms with Crippen LogP contribution in [0, 0.1) is 5.82 Å². The van der Waals surface area contributed by atoms with Crippen LogP contribution in [0.3, 0.4) is 0 Å². The summed E-state index contributed by atoms with van der Waals surface area (Å²) in [4.78, 5) is 29.2. The third kappa shape index (κ3) is 5.85. The number of rotatable bonds is 8. The summed E-state index contributed by atoms with van der Waals surface area (Å²) in [6.45, 7) is 2.06. The van der Waals surface area contributed by atoms with Crippen LogP contribution in [0.15, 0.2) is 82.7 Å². The minimum Gasteiger partial charge on any atom is -0.468 e. The smallest absolute Gasteiger partial charge is 0.325 e. The lowest BCUT2D eigenvalue weighted by Crippen LogP contribution is -2.30. The number of halogens is 1. The highest BCUT2D eigenvalue weighted by Gasteiger charge is 2.23. The van der Waals surface area contributed by atoms with Crippen molar-refractivity contribution in [2.45, 2.75) is 24.9 Å². The number of carbonyl (C=O) groups is 2. The lowest BCUT2D eigenvalue weighted by Gasteiger charge is -2.20. The molecule has 3 aromatic carbocycles. The molecule has 1 aromatic heterocycles. The van der Waals surface area contributed by atoms with Crippen LogP contribution in [0.1, 0.15) is 22.8 Å². The van der Waals surface area contributed by atoms with Gasteiger partial charge in [0, 0.05) is 18.7 Å². The van der Waals surface area contributed by atoms with Gasteiger partial charge in [-0.15, -0.1) is 0 Å². The summed E-state index contributed by atoms with van der Waals surface area (Å²) in [7, 11) is -2.55. The first kappa shape index (κ1) is 26.4. The molecule has 4 rings (SSSR count). The SMILES string of the molecule is CCN(Cc1ccccc1)S(=O)(=O)c1ccc(C(=O)N=c2sc3cc(F)ccc3n2CC(=O)OC)cc1. The van der Waals surface area contributed by atoms with Crippen LogP contribution < -0.4 is 4.80 Å². The summed E-state index contributed by atoms with van der Waals surface area (Å²) in [5.74, 6) is -1.64. The average Bonchev–Trinajstić information content (AvgIpc) is 3.22. The number of methoxy groups -OCH3 is 1. The van der Waals surface area contributed by atoms with E-state index in [4.69, 9.17) is 4.74 Å². The van der Waals surface area contributed by atoms with Crippen molar-refractivity contribution in [2.24, 2.45) is 4.99 Å². The van der Waals surface area contributed by atoms with Gasteiger partial charge in [-0.2, -0.15) is 9.30 Å². The Kier molecular flexibility index (Phi) is 7.96. The topological polar surface area (TPSA) is 98.0 Å². The van der Waals surface area contributed by atoms with Gasteiger partial charge in [0.1, 0.15) is 12.4 Å². The molecule has 4 aromatic rings. The average molecular weight is 542 g/mol. The molecule has 1 heterocycles. The number of aromatic nitrogens is 1. The number of carbonyl (C=O) groups excluding carboxylic acids is 2. The van der Waals surface area contributed by atoms with Gasteiger partial charge in [0.05, 0.1) is 22.2 Å². The molecule has 0 saturated heterocycles. The molecule has 0 fully saturated rings. The van der Waals surface area contributed by atoms with E-state index in [-0.39, 0.29) is 34.9 Å². The Morgan fingerprint density at radius 3 is 2.41 bits per heavy atom. The van der Waals surface area contributed by atoms with Crippen LogP contribution in [0.25, 0.3) is 10.2 Å². The van der Waals surface area contributed by atoms with Crippen molar-refractivity contribution in [2.75, 3.05) is 13.7 Å². The number of hydrogen-bond donors (Lipinski definition) is 0. The molecule has 37 heavy (non-hydrogen) atoms. The number of benzene rings is 3. The second-order valence-electron chi connectivity index (χ2n) is 8.02. The van der Waals surface area contributed by atoms with Crippen molar-refractivity contribution in [3.63, 3.8) is 0 Å². The monoisotopic (exact) mass is 541 g/mol. The molecule has 0 atom stereocenters. The fourth-order valence-corrected chi connectivity index (χ4v) is 6.19. The lowest BCUT2D eigenvalue weighted by atomic mass is 10.2. The Morgan fingerprint density at radius 2 is 1.76 bits per heavy atom. The number of nitrogens with zero attached hydrogens (tertiary/aromatic N) is 3. The molecule has 0 N–H and O–H groups in total. The van der Waals surface area contributed by atoms with Crippen LogP contribution in [0.2, 0.25) is 0 Å². The Hall–Kier alpha value is -3.67. The number of amides is 1. The summed E-state index contributed by atoms with van der Waals surface area (Å²) in [5, 5.41) is 0. The Balaban J connectivity index is 1.64. The molecule has 0 aliphatic heterocycles. The zero-order chi connectivity index (χ0) is 26.6. The second-order valence-corrected chi connectivity index (χ2v) is 11.0. The third-order valence-electron chi connectivity index (χ3n) is 5.65. The van der Waals surface area contributed by atoms with E-state index in [9.17, 15) is 22.4 Å². The van der Waals surface area contributed by atoms with E-state index < -0.39 is 27.7 Å². The molecule has 0 saturated carbocycles. The molecule has 0 spiro atoms. The third-order valence-corrected chi connectivity index (χ3v) is 8.63. The maximum absolute atomic E-state index is 13.7. The van der Waals surface area contributed by atoms with Gasteiger partial charge in [-0.1, -0.05) is 48.6 Å². The van der Waals surface area contributed by atoms with Gasteiger partial charge >= 0.3 is 5.97 Å². The zero-order valence-corrected chi connectivity index (χ0v) is 21.8. The molecule has 1 amide bonds. The second kappa shape index (κ2) is 11.2. The number of sulfonamides is 1. The van der Waals surface area contributed by atoms with Gasteiger partial charge in [-0.25, -0.2) is 12.8 Å². The molecule has 192 valence electrons. The van der Waals surface area contributed by atoms with Gasteiger partial charge < -0.3 is 9.30 Å². The predicted molar refractivity (Wildman–Crippen MR) is 138 cm³/mol. The summed E-state index contributed by atoms with van der Waals surface area (Å²) in [6, 6.07) is 18.9. The first-order valence-electron chi connectivity index (χ1n) is 11.3. The van der Waals surface area contributed by atoms with Crippen molar-refractivity contribution in [1.29, 1.82) is 0 Å². The summed E-state index contributed by atoms with van der Waals surface area (Å²) in [6.07, 6.45) is 0. The Bertz CT molecular complexity index is 1610. The lowest BCUT2D eigenvalue weighted by molar-refractivity contribution is -0.141. The summed E-state index contributed by atoms with van der Waals surface area (Å²) < 4.78 is 48.2. The fraction of sp³-hybridized carbons (Fsp3) is 0.192. The van der Waals surface area contributed by atoms with Crippen molar-refractivity contribution < 1.29 is 27.1 Å². The van der Waals surface area contributed by atoms with Gasteiger partial charge in [-0.3, -0.25) is 9.59 Å². The largest absolute Gasteiger partial charge is 0.468 e. The van der Waals surface area contributed by atoms with Crippen molar-refractivity contribution in [1.82, 2.24) is 8.87 Å². The number of ether oxygens (including phenoxy) is 1. The van der Waals surface area contributed by atoms with Crippen molar-refractivity contribution in [3.05, 3.63) is 94.5 Å². The van der Waals surface area contributed by atoms with E-state index in [1.165, 1.54) is 58.4 Å². The highest BCUT2D eigenvalue weighted by Crippen LogP contribution is 2.21. The van der Waals surface area contributed by atoms with E-state index in [1.54, 1.807) is 6.92 Å². The Labute approximate surface area is 217 Å². The van der Waals surface area contributed by atoms with Crippen LogP contribution >= 0.6 is 11.3 Å². The van der Waals surface area contributed by atoms with E-state index in [2.05, 4.69) is 4.99 Å². The van der Waals surface area contributed by atoms with Crippen molar-refractivity contribution >= 4 is 43.5 Å². The minimum absolute atomic E-state index is 0.0555. The molecule has 0 bridgehead atoms. The van der Waals surface area contributed by atoms with Crippen molar-refractivity contribution in [3.8, 4) is 0 Å². The minimum atomic E-state index is -3.79. The predicted octanol–water partition coefficient (Wildman–Crippen LogP) is 3.97. The number of esters is 1. The first-order chi connectivity index (χ1) is 17.7. The highest BCUT2D eigenvalue weighted by molar-refractivity contribution is 7.89. The molecular formula is C26H24FN3O5S2. The summed E-state index contributed by atoms with van der Waals surface area (Å²) >= 11 is 1.05. The Morgan fingerprint density at radius 1 is 1.05 bits per heavy atom. The molecule has 8 nitrogen and oxygen atoms in total. The first-order valence-corrected chi connectivity index (χ1v) is 13.6. The van der Waals surface area contributed by atoms with E-state index in [1.807, 2.05) is 30.3 Å². The normalized spacial score (nSPS) is 12.3. The molecule has 11 heteroatoms. The highest BCUT2D eigenvalue weighted by atomic mass is 32.2. The summed E-state index contributed by atoms with van der Waals surface area (Å²) in [5.41, 5.74) is 1.56. The molecule has 0 aliphatic carbocycles. The number of fused-ring (bicyclic) bond motifs is 1. The van der Waals surface area contributed by atoms with Gasteiger partial charge in [0.25, 0.3) is 5.91 Å². The fourth-order valence-electron chi connectivity index (χ4n) is 3.70. The zero-order valence-electron chi connectivity index (χ0n) is 20.1. The maximum atomic E-state index is 13.7. The molecule has 0 aliphatic rings. The molecule has 0 radical (unpaired) electrons. The van der Waals surface area contributed by atoms with Gasteiger partial charge in [0.15, 0.2) is 4.80 Å². The molecule has 0 unspecified atom stereocenters. The molecular weight excluding hydrogens is 517 g/mol.